The zero-order valence-electron chi connectivity index (χ0n) is 20.7. The fraction of sp³-hybridized carbons (Fsp3) is 0.440. The Hall–Kier alpha value is -3.50. The number of ether oxygens (including phenoxy) is 2. The van der Waals surface area contributed by atoms with Crippen LogP contribution in [0, 0.1) is 0 Å². The van der Waals surface area contributed by atoms with Gasteiger partial charge in [0.25, 0.3) is 0 Å². The molecule has 0 amide bonds. The summed E-state index contributed by atoms with van der Waals surface area (Å²) in [5, 5.41) is 19.4. The van der Waals surface area contributed by atoms with Crippen molar-refractivity contribution >= 4 is 0 Å². The van der Waals surface area contributed by atoms with Gasteiger partial charge in [-0.15, -0.1) is 15.3 Å². The van der Waals surface area contributed by atoms with Crippen molar-refractivity contribution in [2.75, 3.05) is 14.2 Å². The molecule has 1 aromatic carbocycles. The lowest BCUT2D eigenvalue weighted by Crippen LogP contribution is -2.32. The largest absolute Gasteiger partial charge is 0.347 e. The number of aromatic amines is 1. The van der Waals surface area contributed by atoms with Crippen LogP contribution in [-0.2, 0) is 28.2 Å². The molecular formula is C25H32N8O2. The van der Waals surface area contributed by atoms with Gasteiger partial charge in [-0.25, -0.2) is 9.67 Å². The molecule has 0 aliphatic carbocycles. The first-order valence-electron chi connectivity index (χ1n) is 12.0. The normalized spacial score (nSPS) is 11.8. The van der Waals surface area contributed by atoms with Crippen molar-refractivity contribution in [2.45, 2.75) is 58.3 Å². The smallest absolute Gasteiger partial charge is 0.231 e. The van der Waals surface area contributed by atoms with E-state index in [9.17, 15) is 0 Å². The first kappa shape index (κ1) is 24.6. The molecule has 0 atom stereocenters. The Morgan fingerprint density at radius 3 is 2.51 bits per heavy atom. The van der Waals surface area contributed by atoms with Crippen LogP contribution in [0.15, 0.2) is 42.7 Å². The molecule has 0 saturated heterocycles. The van der Waals surface area contributed by atoms with E-state index in [0.717, 1.165) is 53.8 Å². The van der Waals surface area contributed by atoms with Crippen LogP contribution in [0.1, 0.15) is 56.7 Å². The number of rotatable bonds is 12. The average Bonchev–Trinajstić information content (AvgIpc) is 3.57. The van der Waals surface area contributed by atoms with Crippen molar-refractivity contribution in [1.29, 1.82) is 0 Å². The summed E-state index contributed by atoms with van der Waals surface area (Å²) in [4.78, 5) is 9.37. The third-order valence-electron chi connectivity index (χ3n) is 6.03. The third kappa shape index (κ3) is 5.28. The van der Waals surface area contributed by atoms with E-state index in [2.05, 4.69) is 45.5 Å². The monoisotopic (exact) mass is 476 g/mol. The number of unbranched alkanes of at least 4 members (excludes halogenated alkanes) is 1. The van der Waals surface area contributed by atoms with Gasteiger partial charge in [0.05, 0.1) is 6.54 Å². The molecule has 184 valence electrons. The quantitative estimate of drug-likeness (QED) is 0.303. The van der Waals surface area contributed by atoms with Crippen molar-refractivity contribution in [3.05, 3.63) is 59.9 Å². The molecule has 3 aromatic heterocycles. The van der Waals surface area contributed by atoms with Gasteiger partial charge >= 0.3 is 0 Å². The van der Waals surface area contributed by atoms with Gasteiger partial charge in [-0.1, -0.05) is 51.0 Å². The number of benzene rings is 1. The van der Waals surface area contributed by atoms with Crippen molar-refractivity contribution in [2.24, 2.45) is 0 Å². The van der Waals surface area contributed by atoms with Gasteiger partial charge in [-0.3, -0.25) is 4.98 Å². The van der Waals surface area contributed by atoms with Crippen LogP contribution in [0.5, 0.6) is 0 Å². The van der Waals surface area contributed by atoms with E-state index in [4.69, 9.17) is 19.6 Å². The van der Waals surface area contributed by atoms with E-state index in [0.29, 0.717) is 24.6 Å². The number of methoxy groups -OCH3 is 2. The molecule has 4 aromatic rings. The number of nitrogens with one attached hydrogen (secondary N) is 1. The van der Waals surface area contributed by atoms with Gasteiger partial charge in [-0.2, -0.15) is 5.21 Å². The van der Waals surface area contributed by atoms with E-state index >= 15 is 0 Å². The Balaban J connectivity index is 1.69. The van der Waals surface area contributed by atoms with Crippen molar-refractivity contribution in [3.8, 4) is 22.5 Å². The zero-order chi connectivity index (χ0) is 24.7. The highest BCUT2D eigenvalue weighted by Crippen LogP contribution is 2.31. The summed E-state index contributed by atoms with van der Waals surface area (Å²) in [5.41, 5.74) is 3.84. The van der Waals surface area contributed by atoms with Crippen LogP contribution in [0.4, 0.5) is 0 Å². The summed E-state index contributed by atoms with van der Waals surface area (Å²) in [6.07, 6.45) is 8.17. The first-order chi connectivity index (χ1) is 17.1. The molecule has 3 heterocycles. The van der Waals surface area contributed by atoms with Crippen LogP contribution in [0.3, 0.4) is 0 Å². The second-order valence-corrected chi connectivity index (χ2v) is 8.39. The predicted octanol–water partition coefficient (Wildman–Crippen LogP) is 4.16. The molecule has 10 nitrogen and oxygen atoms in total. The molecule has 0 aliphatic rings. The summed E-state index contributed by atoms with van der Waals surface area (Å²) in [6.45, 7) is 4.79. The number of pyridine rings is 1. The summed E-state index contributed by atoms with van der Waals surface area (Å²) in [6, 6.07) is 10.1. The zero-order valence-corrected chi connectivity index (χ0v) is 20.7. The molecule has 0 saturated carbocycles. The third-order valence-corrected chi connectivity index (χ3v) is 6.03. The van der Waals surface area contributed by atoms with Gasteiger partial charge in [0.2, 0.25) is 17.4 Å². The lowest BCUT2D eigenvalue weighted by Gasteiger charge is -2.27. The minimum absolute atomic E-state index is 0.535. The molecular weight excluding hydrogens is 444 g/mol. The van der Waals surface area contributed by atoms with Gasteiger partial charge in [0.1, 0.15) is 5.82 Å². The molecule has 1 N–H and O–H groups in total. The number of hydrogen-bond donors (Lipinski definition) is 1. The molecule has 0 aliphatic heterocycles. The second kappa shape index (κ2) is 11.3. The number of nitrogens with zero attached hydrogens (tertiary/aromatic N) is 7. The highest BCUT2D eigenvalue weighted by atomic mass is 16.7. The Labute approximate surface area is 205 Å². The van der Waals surface area contributed by atoms with Crippen LogP contribution in [0.2, 0.25) is 0 Å². The second-order valence-electron chi connectivity index (χ2n) is 8.39. The fourth-order valence-electron chi connectivity index (χ4n) is 4.19. The standard InChI is InChI=1S/C25H32N8O2/c1-5-7-12-22-27-24(25(34-3,35-4)13-6-2)30-33(22)17-18-14-19(16-26-15-18)20-10-8-9-11-21(20)23-28-31-32-29-23/h8-11,14-16H,5-7,12-13,17H2,1-4H3,(H,28,29,31,32). The Bertz CT molecular complexity index is 1220. The first-order valence-corrected chi connectivity index (χ1v) is 12.0. The number of tetrazole rings is 1. The summed E-state index contributed by atoms with van der Waals surface area (Å²) in [5.74, 6) is 1.06. The molecule has 0 spiro atoms. The maximum absolute atomic E-state index is 5.77. The molecule has 10 heteroatoms. The Morgan fingerprint density at radius 1 is 1.03 bits per heavy atom. The lowest BCUT2D eigenvalue weighted by molar-refractivity contribution is -0.225. The lowest BCUT2D eigenvalue weighted by atomic mass is 9.99. The predicted molar refractivity (Wildman–Crippen MR) is 131 cm³/mol. The van der Waals surface area contributed by atoms with E-state index in [1.165, 1.54) is 0 Å². The molecule has 0 fully saturated rings. The number of hydrogen-bond acceptors (Lipinski definition) is 8. The molecule has 0 unspecified atom stereocenters. The van der Waals surface area contributed by atoms with Crippen LogP contribution in [0.25, 0.3) is 22.5 Å². The highest BCUT2D eigenvalue weighted by Gasteiger charge is 2.36. The van der Waals surface area contributed by atoms with Crippen LogP contribution >= 0.6 is 0 Å². The minimum atomic E-state index is -0.954. The average molecular weight is 477 g/mol. The van der Waals surface area contributed by atoms with Gasteiger partial charge in [0, 0.05) is 50.6 Å². The Kier molecular flexibility index (Phi) is 7.94. The van der Waals surface area contributed by atoms with Crippen molar-refractivity contribution in [3.63, 3.8) is 0 Å². The molecule has 0 bridgehead atoms. The van der Waals surface area contributed by atoms with Crippen molar-refractivity contribution < 1.29 is 9.47 Å². The van der Waals surface area contributed by atoms with Crippen LogP contribution < -0.4 is 0 Å². The summed E-state index contributed by atoms with van der Waals surface area (Å²) in [7, 11) is 3.28. The Morgan fingerprint density at radius 2 is 1.83 bits per heavy atom. The van der Waals surface area contributed by atoms with Gasteiger partial charge in [-0.05, 0) is 28.8 Å². The van der Waals surface area contributed by atoms with Gasteiger partial charge < -0.3 is 9.47 Å². The summed E-state index contributed by atoms with van der Waals surface area (Å²) < 4.78 is 13.5. The number of aryl methyl sites for hydroxylation is 1. The van der Waals surface area contributed by atoms with E-state index < -0.39 is 5.79 Å². The highest BCUT2D eigenvalue weighted by molar-refractivity contribution is 5.80. The minimum Gasteiger partial charge on any atom is -0.347 e. The van der Waals surface area contributed by atoms with E-state index in [1.807, 2.05) is 41.3 Å². The topological polar surface area (TPSA) is 117 Å². The summed E-state index contributed by atoms with van der Waals surface area (Å²) >= 11 is 0. The van der Waals surface area contributed by atoms with Crippen LogP contribution in [-0.4, -0.2) is 54.6 Å². The molecule has 4 rings (SSSR count). The molecule has 0 radical (unpaired) electrons. The fourth-order valence-corrected chi connectivity index (χ4v) is 4.19. The maximum atomic E-state index is 5.77. The SMILES string of the molecule is CCCCc1nc(C(CCC)(OC)OC)nn1Cc1cncc(-c2ccccc2-c2nn[nH]n2)c1. The van der Waals surface area contributed by atoms with E-state index in [-0.39, 0.29) is 0 Å². The van der Waals surface area contributed by atoms with Gasteiger partial charge in [0.15, 0.2) is 0 Å². The number of aromatic nitrogens is 8. The molecule has 35 heavy (non-hydrogen) atoms. The van der Waals surface area contributed by atoms with Crippen molar-refractivity contribution in [1.82, 2.24) is 40.4 Å². The number of H-pyrrole nitrogens is 1. The van der Waals surface area contributed by atoms with E-state index in [1.54, 1.807) is 14.2 Å². The maximum Gasteiger partial charge on any atom is 0.231 e.